The number of aryl methyl sites for hydroxylation is 1. The van der Waals surface area contributed by atoms with Crippen LogP contribution in [0, 0.1) is 6.92 Å². The topological polar surface area (TPSA) is 87.3 Å². The van der Waals surface area contributed by atoms with Gasteiger partial charge in [0, 0.05) is 24.2 Å². The zero-order chi connectivity index (χ0) is 18.7. The normalized spacial score (nSPS) is 18.7. The Morgan fingerprint density at radius 1 is 1.08 bits per heavy atom. The number of hydrogen-bond acceptors (Lipinski definition) is 3. The Labute approximate surface area is 154 Å². The van der Waals surface area contributed by atoms with Gasteiger partial charge in [0.1, 0.15) is 5.54 Å². The number of hydrogen-bond donors (Lipinski definition) is 3. The van der Waals surface area contributed by atoms with E-state index in [-0.39, 0.29) is 23.8 Å². The first-order valence-electron chi connectivity index (χ1n) is 9.41. The van der Waals surface area contributed by atoms with Gasteiger partial charge in [-0.3, -0.25) is 14.4 Å². The molecule has 0 saturated heterocycles. The van der Waals surface area contributed by atoms with Gasteiger partial charge in [0.2, 0.25) is 11.8 Å². The lowest BCUT2D eigenvalue weighted by atomic mass is 9.80. The summed E-state index contributed by atoms with van der Waals surface area (Å²) in [5.41, 5.74) is 1.18. The van der Waals surface area contributed by atoms with Crippen molar-refractivity contribution in [3.8, 4) is 0 Å². The van der Waals surface area contributed by atoms with Crippen molar-refractivity contribution in [3.05, 3.63) is 29.3 Å². The molecule has 2 saturated carbocycles. The molecule has 140 valence electrons. The second-order valence-electron chi connectivity index (χ2n) is 7.56. The van der Waals surface area contributed by atoms with Gasteiger partial charge in [-0.1, -0.05) is 25.3 Å². The molecule has 0 aliphatic heterocycles. The first kappa shape index (κ1) is 18.4. The number of nitrogens with one attached hydrogen (secondary N) is 3. The van der Waals surface area contributed by atoms with E-state index in [9.17, 15) is 14.4 Å². The van der Waals surface area contributed by atoms with Gasteiger partial charge in [-0.2, -0.15) is 0 Å². The molecule has 3 N–H and O–H groups in total. The fourth-order valence-corrected chi connectivity index (χ4v) is 3.54. The van der Waals surface area contributed by atoms with Gasteiger partial charge in [0.25, 0.3) is 5.91 Å². The molecule has 2 aliphatic rings. The van der Waals surface area contributed by atoms with Crippen LogP contribution in [0.15, 0.2) is 18.2 Å². The fourth-order valence-electron chi connectivity index (χ4n) is 3.54. The van der Waals surface area contributed by atoms with Crippen molar-refractivity contribution in [2.75, 3.05) is 5.32 Å². The van der Waals surface area contributed by atoms with E-state index in [1.165, 1.54) is 6.92 Å². The quantitative estimate of drug-likeness (QED) is 0.757. The number of benzene rings is 1. The van der Waals surface area contributed by atoms with Crippen LogP contribution >= 0.6 is 0 Å². The molecule has 1 aromatic carbocycles. The van der Waals surface area contributed by atoms with Crippen molar-refractivity contribution in [2.24, 2.45) is 0 Å². The van der Waals surface area contributed by atoms with Gasteiger partial charge in [0.15, 0.2) is 0 Å². The Hall–Kier alpha value is -2.37. The van der Waals surface area contributed by atoms with Gasteiger partial charge in [-0.05, 0) is 50.3 Å². The van der Waals surface area contributed by atoms with Crippen LogP contribution in [-0.2, 0) is 9.59 Å². The highest BCUT2D eigenvalue weighted by Gasteiger charge is 2.40. The maximum absolute atomic E-state index is 13.0. The molecule has 0 bridgehead atoms. The van der Waals surface area contributed by atoms with Crippen molar-refractivity contribution in [3.63, 3.8) is 0 Å². The Morgan fingerprint density at radius 2 is 1.77 bits per heavy atom. The minimum absolute atomic E-state index is 0.114. The van der Waals surface area contributed by atoms with Crippen molar-refractivity contribution in [2.45, 2.75) is 70.4 Å². The molecule has 2 aliphatic carbocycles. The lowest BCUT2D eigenvalue weighted by Gasteiger charge is -2.36. The van der Waals surface area contributed by atoms with E-state index in [2.05, 4.69) is 16.0 Å². The highest BCUT2D eigenvalue weighted by atomic mass is 16.2. The number of amides is 3. The molecule has 0 atom stereocenters. The molecule has 0 heterocycles. The minimum Gasteiger partial charge on any atom is -0.349 e. The molecular formula is C20H27N3O3. The molecule has 3 rings (SSSR count). The molecule has 6 heteroatoms. The monoisotopic (exact) mass is 357 g/mol. The lowest BCUT2D eigenvalue weighted by Crippen LogP contribution is -2.57. The van der Waals surface area contributed by atoms with Gasteiger partial charge < -0.3 is 16.0 Å². The van der Waals surface area contributed by atoms with Crippen LogP contribution in [0.1, 0.15) is 67.8 Å². The van der Waals surface area contributed by atoms with Crippen molar-refractivity contribution >= 4 is 23.4 Å². The Morgan fingerprint density at radius 3 is 2.38 bits per heavy atom. The summed E-state index contributed by atoms with van der Waals surface area (Å²) in [6.45, 7) is 3.34. The number of anilines is 1. The Kier molecular flexibility index (Phi) is 5.30. The molecule has 26 heavy (non-hydrogen) atoms. The predicted molar refractivity (Wildman–Crippen MR) is 99.9 cm³/mol. The second kappa shape index (κ2) is 7.48. The summed E-state index contributed by atoms with van der Waals surface area (Å²) in [5.74, 6) is -0.510. The molecule has 0 aromatic heterocycles. The van der Waals surface area contributed by atoms with Crippen LogP contribution in [0.2, 0.25) is 0 Å². The van der Waals surface area contributed by atoms with E-state index in [1.807, 2.05) is 13.0 Å². The summed E-state index contributed by atoms with van der Waals surface area (Å²) in [6.07, 6.45) is 6.23. The summed E-state index contributed by atoms with van der Waals surface area (Å²) in [6, 6.07) is 5.61. The van der Waals surface area contributed by atoms with E-state index in [4.69, 9.17) is 0 Å². The van der Waals surface area contributed by atoms with E-state index in [0.29, 0.717) is 24.1 Å². The van der Waals surface area contributed by atoms with Crippen molar-refractivity contribution < 1.29 is 14.4 Å². The third-order valence-electron chi connectivity index (χ3n) is 5.22. The van der Waals surface area contributed by atoms with E-state index >= 15 is 0 Å². The zero-order valence-corrected chi connectivity index (χ0v) is 15.5. The van der Waals surface area contributed by atoms with Crippen molar-refractivity contribution in [1.29, 1.82) is 0 Å². The Balaban J connectivity index is 1.78. The zero-order valence-electron chi connectivity index (χ0n) is 15.5. The molecule has 1 aromatic rings. The van der Waals surface area contributed by atoms with E-state index in [0.717, 1.165) is 37.7 Å². The average molecular weight is 357 g/mol. The highest BCUT2D eigenvalue weighted by Crippen LogP contribution is 2.30. The smallest absolute Gasteiger partial charge is 0.251 e. The Bertz CT molecular complexity index is 719. The van der Waals surface area contributed by atoms with Gasteiger partial charge in [0.05, 0.1) is 0 Å². The SMILES string of the molecule is CC(=O)NC1(C(=O)Nc2cc(C(=O)NC3CC3)ccc2C)CCCCC1. The van der Waals surface area contributed by atoms with Gasteiger partial charge in [-0.25, -0.2) is 0 Å². The molecule has 6 nitrogen and oxygen atoms in total. The summed E-state index contributed by atoms with van der Waals surface area (Å²) < 4.78 is 0. The van der Waals surface area contributed by atoms with Crippen LogP contribution in [0.5, 0.6) is 0 Å². The molecule has 2 fully saturated rings. The van der Waals surface area contributed by atoms with Crippen LogP contribution in [-0.4, -0.2) is 29.3 Å². The standard InChI is InChI=1S/C20H27N3O3/c1-13-6-7-15(18(25)21-16-8-9-16)12-17(13)22-19(26)20(23-14(2)24)10-4-3-5-11-20/h6-7,12,16H,3-5,8-11H2,1-2H3,(H,21,25)(H,22,26)(H,23,24). The van der Waals surface area contributed by atoms with Gasteiger partial charge >= 0.3 is 0 Å². The summed E-state index contributed by atoms with van der Waals surface area (Å²) in [5, 5.41) is 8.79. The number of rotatable bonds is 5. The third-order valence-corrected chi connectivity index (χ3v) is 5.22. The van der Waals surface area contributed by atoms with Gasteiger partial charge in [-0.15, -0.1) is 0 Å². The first-order chi connectivity index (χ1) is 12.4. The molecule has 0 spiro atoms. The summed E-state index contributed by atoms with van der Waals surface area (Å²) in [7, 11) is 0. The first-order valence-corrected chi connectivity index (χ1v) is 9.41. The predicted octanol–water partition coefficient (Wildman–Crippen LogP) is 2.66. The summed E-state index contributed by atoms with van der Waals surface area (Å²) in [4.78, 5) is 36.9. The molecular weight excluding hydrogens is 330 g/mol. The number of carbonyl (C=O) groups is 3. The fraction of sp³-hybridized carbons (Fsp3) is 0.550. The highest BCUT2D eigenvalue weighted by molar-refractivity contribution is 6.02. The maximum Gasteiger partial charge on any atom is 0.251 e. The maximum atomic E-state index is 13.0. The largest absolute Gasteiger partial charge is 0.349 e. The van der Waals surface area contributed by atoms with Crippen LogP contribution in [0.4, 0.5) is 5.69 Å². The third kappa shape index (κ3) is 4.23. The number of carbonyl (C=O) groups excluding carboxylic acids is 3. The van der Waals surface area contributed by atoms with Crippen LogP contribution < -0.4 is 16.0 Å². The van der Waals surface area contributed by atoms with E-state index < -0.39 is 5.54 Å². The van der Waals surface area contributed by atoms with Crippen LogP contribution in [0.25, 0.3) is 0 Å². The minimum atomic E-state index is -0.858. The van der Waals surface area contributed by atoms with Crippen molar-refractivity contribution in [1.82, 2.24) is 10.6 Å². The van der Waals surface area contributed by atoms with Crippen LogP contribution in [0.3, 0.4) is 0 Å². The molecule has 3 amide bonds. The lowest BCUT2D eigenvalue weighted by molar-refractivity contribution is -0.130. The average Bonchev–Trinajstić information content (AvgIpc) is 3.41. The van der Waals surface area contributed by atoms with E-state index in [1.54, 1.807) is 12.1 Å². The molecule has 0 radical (unpaired) electrons. The summed E-state index contributed by atoms with van der Waals surface area (Å²) >= 11 is 0. The molecule has 0 unspecified atom stereocenters. The second-order valence-corrected chi connectivity index (χ2v) is 7.56.